The average Bonchev–Trinajstić information content (AvgIpc) is 2.88. The van der Waals surface area contributed by atoms with Crippen molar-refractivity contribution >= 4 is 11.8 Å². The molecule has 2 aliphatic carbocycles. The molecule has 0 radical (unpaired) electrons. The smallest absolute Gasteiger partial charge is 0.360 e. The number of Topliss-reactive ketones (excluding diaryl/α,β-unsaturated/α-hetero) is 1. The number of fused-ring (bicyclic) bond motifs is 2. The third kappa shape index (κ3) is 1.87. The van der Waals surface area contributed by atoms with E-state index >= 15 is 0 Å². The number of hydrogen-bond donors (Lipinski definition) is 0. The first-order valence-electron chi connectivity index (χ1n) is 7.38. The molecule has 1 spiro atoms. The van der Waals surface area contributed by atoms with Crippen LogP contribution in [0.3, 0.4) is 0 Å². The Kier molecular flexibility index (Phi) is 3.36. The molecule has 3 rings (SSSR count). The fourth-order valence-electron chi connectivity index (χ4n) is 3.55. The van der Waals surface area contributed by atoms with Crippen LogP contribution in [0.25, 0.3) is 0 Å². The lowest BCUT2D eigenvalue weighted by Gasteiger charge is -2.36. The van der Waals surface area contributed by atoms with E-state index in [1.807, 2.05) is 0 Å². The van der Waals surface area contributed by atoms with Crippen molar-refractivity contribution in [1.82, 2.24) is 5.16 Å². The van der Waals surface area contributed by atoms with Gasteiger partial charge in [0.15, 0.2) is 11.5 Å². The number of esters is 1. The van der Waals surface area contributed by atoms with Gasteiger partial charge in [-0.3, -0.25) is 4.79 Å². The summed E-state index contributed by atoms with van der Waals surface area (Å²) in [4.78, 5) is 24.3. The Hall–Kier alpha value is -1.65. The zero-order valence-corrected chi connectivity index (χ0v) is 11.7. The lowest BCUT2D eigenvalue weighted by Crippen LogP contribution is -2.41. The molecule has 2 aliphatic rings. The van der Waals surface area contributed by atoms with Crippen LogP contribution < -0.4 is 0 Å². The lowest BCUT2D eigenvalue weighted by molar-refractivity contribution is -0.128. The highest BCUT2D eigenvalue weighted by atomic mass is 16.5. The molecule has 5 nitrogen and oxygen atoms in total. The van der Waals surface area contributed by atoms with Crippen LogP contribution >= 0.6 is 0 Å². The van der Waals surface area contributed by atoms with E-state index in [1.54, 1.807) is 6.92 Å². The Bertz CT molecular complexity index is 548. The summed E-state index contributed by atoms with van der Waals surface area (Å²) in [6, 6.07) is 0. The zero-order chi connectivity index (χ0) is 14.2. The monoisotopic (exact) mass is 277 g/mol. The van der Waals surface area contributed by atoms with Crippen molar-refractivity contribution in [2.45, 2.75) is 57.3 Å². The summed E-state index contributed by atoms with van der Waals surface area (Å²) in [6.45, 7) is 2.07. The van der Waals surface area contributed by atoms with Crippen LogP contribution in [-0.4, -0.2) is 23.5 Å². The van der Waals surface area contributed by atoms with Crippen molar-refractivity contribution < 1.29 is 18.8 Å². The molecule has 0 aromatic carbocycles. The molecule has 108 valence electrons. The third-order valence-electron chi connectivity index (χ3n) is 4.51. The molecule has 1 aromatic rings. The van der Waals surface area contributed by atoms with E-state index in [1.165, 1.54) is 0 Å². The second kappa shape index (κ2) is 5.04. The minimum Gasteiger partial charge on any atom is -0.461 e. The topological polar surface area (TPSA) is 69.4 Å². The molecule has 5 heteroatoms. The fraction of sp³-hybridized carbons (Fsp3) is 0.667. The molecule has 1 heterocycles. The number of aromatic nitrogens is 1. The number of carbonyl (C=O) groups excluding carboxylic acids is 2. The number of hydrogen-bond acceptors (Lipinski definition) is 5. The van der Waals surface area contributed by atoms with E-state index in [2.05, 4.69) is 5.16 Å². The molecule has 0 saturated heterocycles. The Labute approximate surface area is 117 Å². The maximum Gasteiger partial charge on any atom is 0.360 e. The molecule has 1 fully saturated rings. The molecule has 1 atom stereocenters. The Balaban J connectivity index is 2.02. The van der Waals surface area contributed by atoms with Gasteiger partial charge in [-0.15, -0.1) is 0 Å². The summed E-state index contributed by atoms with van der Waals surface area (Å²) in [7, 11) is 0. The number of rotatable bonds is 2. The summed E-state index contributed by atoms with van der Waals surface area (Å²) >= 11 is 0. The second-order valence-corrected chi connectivity index (χ2v) is 5.63. The van der Waals surface area contributed by atoms with E-state index in [0.29, 0.717) is 18.8 Å². The summed E-state index contributed by atoms with van der Waals surface area (Å²) in [5, 5.41) is 3.90. The van der Waals surface area contributed by atoms with Crippen LogP contribution in [-0.2, 0) is 21.4 Å². The van der Waals surface area contributed by atoms with Crippen LogP contribution in [0.2, 0.25) is 0 Å². The molecule has 1 aromatic heterocycles. The molecule has 0 aliphatic heterocycles. The Morgan fingerprint density at radius 2 is 2.10 bits per heavy atom. The van der Waals surface area contributed by atoms with Crippen molar-refractivity contribution in [2.75, 3.05) is 6.61 Å². The minimum atomic E-state index is -0.524. The second-order valence-electron chi connectivity index (χ2n) is 5.63. The molecule has 1 saturated carbocycles. The van der Waals surface area contributed by atoms with Gasteiger partial charge in [-0.05, 0) is 39.0 Å². The first-order valence-corrected chi connectivity index (χ1v) is 7.38. The Morgan fingerprint density at radius 3 is 2.85 bits per heavy atom. The van der Waals surface area contributed by atoms with Crippen molar-refractivity contribution in [1.29, 1.82) is 0 Å². The van der Waals surface area contributed by atoms with E-state index in [-0.39, 0.29) is 11.5 Å². The van der Waals surface area contributed by atoms with Gasteiger partial charge in [0, 0.05) is 12.0 Å². The predicted octanol–water partition coefficient (Wildman–Crippen LogP) is 2.57. The summed E-state index contributed by atoms with van der Waals surface area (Å²) in [6.07, 6.45) is 5.85. The van der Waals surface area contributed by atoms with E-state index in [4.69, 9.17) is 9.26 Å². The number of ketones is 1. The third-order valence-corrected chi connectivity index (χ3v) is 4.51. The van der Waals surface area contributed by atoms with Gasteiger partial charge in [0.2, 0.25) is 0 Å². The largest absolute Gasteiger partial charge is 0.461 e. The lowest BCUT2D eigenvalue weighted by atomic mass is 9.64. The van der Waals surface area contributed by atoms with Gasteiger partial charge >= 0.3 is 5.97 Å². The van der Waals surface area contributed by atoms with Crippen molar-refractivity contribution in [2.24, 2.45) is 0 Å². The zero-order valence-electron chi connectivity index (χ0n) is 11.7. The molecular formula is C15H19NO4. The SMILES string of the molecule is CCOC(=O)c1noc2c1CCC[C@@]21CCCCC1=O. The van der Waals surface area contributed by atoms with Crippen molar-refractivity contribution in [3.05, 3.63) is 17.0 Å². The van der Waals surface area contributed by atoms with Gasteiger partial charge in [-0.1, -0.05) is 11.6 Å². The number of ether oxygens (including phenoxy) is 1. The predicted molar refractivity (Wildman–Crippen MR) is 70.6 cm³/mol. The first kappa shape index (κ1) is 13.3. The highest BCUT2D eigenvalue weighted by molar-refractivity contribution is 5.93. The van der Waals surface area contributed by atoms with Gasteiger partial charge in [0.05, 0.1) is 12.0 Å². The fourth-order valence-corrected chi connectivity index (χ4v) is 3.55. The number of nitrogens with zero attached hydrogens (tertiary/aromatic N) is 1. The molecule has 0 unspecified atom stereocenters. The quantitative estimate of drug-likeness (QED) is 0.777. The highest BCUT2D eigenvalue weighted by Gasteiger charge is 2.48. The minimum absolute atomic E-state index is 0.247. The van der Waals surface area contributed by atoms with Gasteiger partial charge < -0.3 is 9.26 Å². The molecule has 0 bridgehead atoms. The molecule has 20 heavy (non-hydrogen) atoms. The molecular weight excluding hydrogens is 258 g/mol. The van der Waals surface area contributed by atoms with Gasteiger partial charge in [-0.25, -0.2) is 4.79 Å². The van der Waals surface area contributed by atoms with Gasteiger partial charge in [0.1, 0.15) is 5.78 Å². The van der Waals surface area contributed by atoms with Crippen LogP contribution in [0.15, 0.2) is 4.52 Å². The van der Waals surface area contributed by atoms with Crippen molar-refractivity contribution in [3.8, 4) is 0 Å². The normalized spacial score (nSPS) is 25.6. The molecule has 0 amide bonds. The van der Waals surface area contributed by atoms with Crippen LogP contribution in [0.5, 0.6) is 0 Å². The van der Waals surface area contributed by atoms with Crippen LogP contribution in [0.1, 0.15) is 67.3 Å². The average molecular weight is 277 g/mol. The maximum atomic E-state index is 12.4. The summed E-state index contributed by atoms with van der Waals surface area (Å²) < 4.78 is 10.5. The Morgan fingerprint density at radius 1 is 1.30 bits per heavy atom. The number of carbonyl (C=O) groups is 2. The van der Waals surface area contributed by atoms with E-state index in [9.17, 15) is 9.59 Å². The summed E-state index contributed by atoms with van der Waals surface area (Å²) in [5.74, 6) is 0.436. The molecule has 0 N–H and O–H groups in total. The van der Waals surface area contributed by atoms with Crippen LogP contribution in [0, 0.1) is 0 Å². The van der Waals surface area contributed by atoms with Crippen LogP contribution in [0.4, 0.5) is 0 Å². The standard InChI is InChI=1S/C15H19NO4/c1-2-19-14(18)12-10-6-5-9-15(13(10)20-16-12)8-4-3-7-11(15)17/h2-9H2,1H3/t15-/m1/s1. The van der Waals surface area contributed by atoms with E-state index in [0.717, 1.165) is 44.1 Å². The van der Waals surface area contributed by atoms with Gasteiger partial charge in [0.25, 0.3) is 0 Å². The highest BCUT2D eigenvalue weighted by Crippen LogP contribution is 2.46. The summed E-state index contributed by atoms with van der Waals surface area (Å²) in [5.41, 5.74) is 0.535. The van der Waals surface area contributed by atoms with Crippen molar-refractivity contribution in [3.63, 3.8) is 0 Å². The maximum absolute atomic E-state index is 12.4. The first-order chi connectivity index (χ1) is 9.69. The van der Waals surface area contributed by atoms with E-state index < -0.39 is 11.4 Å². The van der Waals surface area contributed by atoms with Gasteiger partial charge in [-0.2, -0.15) is 0 Å².